The summed E-state index contributed by atoms with van der Waals surface area (Å²) in [5.74, 6) is -5.81. The fraction of sp³-hybridized carbons (Fsp3) is 0.467. The molecule has 1 fully saturated rings. The van der Waals surface area contributed by atoms with E-state index < -0.39 is 39.3 Å². The number of amides is 1. The van der Waals surface area contributed by atoms with Gasteiger partial charge in [0.05, 0.1) is 5.75 Å². The number of alkyl halides is 2. The van der Waals surface area contributed by atoms with Crippen LogP contribution in [0.5, 0.6) is 0 Å². The average Bonchev–Trinajstić information content (AvgIpc) is 2.54. The summed E-state index contributed by atoms with van der Waals surface area (Å²) < 4.78 is 47.1. The van der Waals surface area contributed by atoms with E-state index in [9.17, 15) is 31.9 Å². The van der Waals surface area contributed by atoms with E-state index in [4.69, 9.17) is 0 Å². The van der Waals surface area contributed by atoms with Gasteiger partial charge in [-0.1, -0.05) is 12.1 Å². The molecule has 0 radical (unpaired) electrons. The van der Waals surface area contributed by atoms with Gasteiger partial charge in [0.1, 0.15) is 6.04 Å². The van der Waals surface area contributed by atoms with Gasteiger partial charge in [0.25, 0.3) is 5.91 Å². The van der Waals surface area contributed by atoms with Gasteiger partial charge in [-0.05, 0) is 37.0 Å². The molecule has 0 aliphatic carbocycles. The smallest absolute Gasteiger partial charge is 0.337 e. The van der Waals surface area contributed by atoms with E-state index in [2.05, 4.69) is 0 Å². The summed E-state index contributed by atoms with van der Waals surface area (Å²) in [6, 6.07) is 4.34. The van der Waals surface area contributed by atoms with E-state index in [1.165, 1.54) is 29.2 Å². The summed E-state index contributed by atoms with van der Waals surface area (Å²) >= 11 is 0. The number of rotatable bonds is 5. The second kappa shape index (κ2) is 7.25. The van der Waals surface area contributed by atoms with Gasteiger partial charge >= 0.3 is 11.7 Å². The molecule has 132 valence electrons. The Kier molecular flexibility index (Phi) is 5.53. The molecule has 0 saturated carbocycles. The predicted octanol–water partition coefficient (Wildman–Crippen LogP) is 1.90. The van der Waals surface area contributed by atoms with E-state index >= 15 is 0 Å². The van der Waals surface area contributed by atoms with Crippen molar-refractivity contribution < 1.29 is 31.9 Å². The number of sulfone groups is 1. The summed E-state index contributed by atoms with van der Waals surface area (Å²) in [6.07, 6.45) is 1.82. The van der Waals surface area contributed by atoms with Crippen LogP contribution < -0.4 is 0 Å². The van der Waals surface area contributed by atoms with Gasteiger partial charge in [-0.25, -0.2) is 13.2 Å². The van der Waals surface area contributed by atoms with Crippen molar-refractivity contribution in [3.63, 3.8) is 0 Å². The van der Waals surface area contributed by atoms with Crippen molar-refractivity contribution in [2.45, 2.75) is 36.8 Å². The number of likely N-dealkylation sites (tertiary alicyclic amines) is 1. The molecule has 1 aromatic carbocycles. The van der Waals surface area contributed by atoms with Gasteiger partial charge in [-0.3, -0.25) is 4.79 Å². The number of hydrogen-bond donors (Lipinski definition) is 1. The lowest BCUT2D eigenvalue weighted by Gasteiger charge is -2.33. The number of carbonyl (C=O) groups is 2. The fourth-order valence-electron chi connectivity index (χ4n) is 2.64. The van der Waals surface area contributed by atoms with E-state index in [0.717, 1.165) is 6.42 Å². The first-order valence-corrected chi connectivity index (χ1v) is 9.06. The predicted molar refractivity (Wildman–Crippen MR) is 81.4 cm³/mol. The maximum absolute atomic E-state index is 12.4. The fourth-order valence-corrected chi connectivity index (χ4v) is 3.42. The Balaban J connectivity index is 2.15. The highest BCUT2D eigenvalue weighted by Gasteiger charge is 2.32. The largest absolute Gasteiger partial charge is 0.480 e. The van der Waals surface area contributed by atoms with Crippen LogP contribution in [-0.2, 0) is 20.4 Å². The average molecular weight is 361 g/mol. The minimum absolute atomic E-state index is 0.139. The number of benzene rings is 1. The third kappa shape index (κ3) is 4.08. The lowest BCUT2D eigenvalue weighted by molar-refractivity contribution is -0.143. The Hall–Kier alpha value is -2.03. The lowest BCUT2D eigenvalue weighted by atomic mass is 10.0. The van der Waals surface area contributed by atoms with Gasteiger partial charge < -0.3 is 10.0 Å². The number of piperidine rings is 1. The zero-order chi connectivity index (χ0) is 17.9. The van der Waals surface area contributed by atoms with Crippen LogP contribution in [0.25, 0.3) is 0 Å². The monoisotopic (exact) mass is 361 g/mol. The van der Waals surface area contributed by atoms with Crippen molar-refractivity contribution in [3.05, 3.63) is 35.4 Å². The van der Waals surface area contributed by atoms with Crippen molar-refractivity contribution >= 4 is 21.7 Å². The molecule has 1 unspecified atom stereocenters. The zero-order valence-electron chi connectivity index (χ0n) is 12.7. The van der Waals surface area contributed by atoms with Gasteiger partial charge in [0.15, 0.2) is 0 Å². The van der Waals surface area contributed by atoms with Crippen LogP contribution in [0.15, 0.2) is 24.3 Å². The Morgan fingerprint density at radius 2 is 1.83 bits per heavy atom. The van der Waals surface area contributed by atoms with Crippen LogP contribution in [0, 0.1) is 0 Å². The molecule has 0 aromatic heterocycles. The van der Waals surface area contributed by atoms with Crippen LogP contribution in [0.4, 0.5) is 8.78 Å². The highest BCUT2D eigenvalue weighted by atomic mass is 32.2. The first-order valence-electron chi connectivity index (χ1n) is 7.35. The number of aliphatic carboxylic acids is 1. The number of halogens is 2. The molecule has 1 aliphatic heterocycles. The number of carbonyl (C=O) groups excluding carboxylic acids is 1. The molecule has 1 aromatic rings. The molecule has 6 nitrogen and oxygen atoms in total. The summed E-state index contributed by atoms with van der Waals surface area (Å²) in [5, 5.41) is 9.20. The Bertz CT molecular complexity index is 718. The van der Waals surface area contributed by atoms with Crippen LogP contribution in [0.2, 0.25) is 0 Å². The molecule has 1 N–H and O–H groups in total. The van der Waals surface area contributed by atoms with Gasteiger partial charge in [-0.2, -0.15) is 8.78 Å². The number of carboxylic acids is 1. The van der Waals surface area contributed by atoms with E-state index in [1.807, 2.05) is 0 Å². The maximum Gasteiger partial charge on any atom is 0.337 e. The molecule has 1 heterocycles. The first-order chi connectivity index (χ1) is 11.2. The quantitative estimate of drug-likeness (QED) is 0.865. The first kappa shape index (κ1) is 18.3. The molecule has 1 saturated heterocycles. The molecule has 2 rings (SSSR count). The highest BCUT2D eigenvalue weighted by Crippen LogP contribution is 2.21. The normalized spacial score (nSPS) is 18.6. The topological polar surface area (TPSA) is 91.8 Å². The van der Waals surface area contributed by atoms with Gasteiger partial charge in [0.2, 0.25) is 9.84 Å². The zero-order valence-corrected chi connectivity index (χ0v) is 13.5. The number of nitrogens with zero attached hydrogens (tertiary/aromatic N) is 1. The van der Waals surface area contributed by atoms with Gasteiger partial charge in [-0.15, -0.1) is 0 Å². The third-order valence-corrected chi connectivity index (χ3v) is 5.17. The van der Waals surface area contributed by atoms with Crippen molar-refractivity contribution in [1.29, 1.82) is 0 Å². The van der Waals surface area contributed by atoms with Crippen LogP contribution in [-0.4, -0.2) is 48.6 Å². The lowest BCUT2D eigenvalue weighted by Crippen LogP contribution is -2.47. The summed E-state index contributed by atoms with van der Waals surface area (Å²) in [7, 11) is -4.53. The summed E-state index contributed by atoms with van der Waals surface area (Å²) in [6.45, 7) is 0.331. The summed E-state index contributed by atoms with van der Waals surface area (Å²) in [4.78, 5) is 25.0. The Morgan fingerprint density at radius 3 is 2.38 bits per heavy atom. The molecule has 9 heteroatoms. The van der Waals surface area contributed by atoms with E-state index in [0.29, 0.717) is 19.4 Å². The van der Waals surface area contributed by atoms with Crippen LogP contribution in [0.3, 0.4) is 0 Å². The third-order valence-electron chi connectivity index (χ3n) is 3.89. The molecule has 24 heavy (non-hydrogen) atoms. The SMILES string of the molecule is O=C(O)C1CCCCN1C(=O)c1ccc(CS(=O)(=O)C(F)F)cc1. The molecule has 1 amide bonds. The molecular weight excluding hydrogens is 344 g/mol. The van der Waals surface area contributed by atoms with Crippen LogP contribution in [0.1, 0.15) is 35.2 Å². The highest BCUT2D eigenvalue weighted by molar-refractivity contribution is 7.90. The van der Waals surface area contributed by atoms with Crippen molar-refractivity contribution in [1.82, 2.24) is 4.90 Å². The molecule has 1 aliphatic rings. The van der Waals surface area contributed by atoms with Crippen molar-refractivity contribution in [2.24, 2.45) is 0 Å². The van der Waals surface area contributed by atoms with Gasteiger partial charge in [0, 0.05) is 12.1 Å². The minimum atomic E-state index is -4.53. The molecular formula is C15H17F2NO5S. The summed E-state index contributed by atoms with van der Waals surface area (Å²) in [5.41, 5.74) is 0.335. The standard InChI is InChI=1S/C15H17F2NO5S/c16-15(17)24(22,23)9-10-4-6-11(7-5-10)13(19)18-8-2-1-3-12(18)14(20)21/h4-7,12,15H,1-3,8-9H2,(H,20,21). The number of hydrogen-bond acceptors (Lipinski definition) is 4. The Labute approximate surface area is 138 Å². The molecule has 0 spiro atoms. The second-order valence-corrected chi connectivity index (χ2v) is 7.58. The Morgan fingerprint density at radius 1 is 1.21 bits per heavy atom. The van der Waals surface area contributed by atoms with E-state index in [-0.39, 0.29) is 11.1 Å². The van der Waals surface area contributed by atoms with Crippen molar-refractivity contribution in [3.8, 4) is 0 Å². The second-order valence-electron chi connectivity index (χ2n) is 5.61. The van der Waals surface area contributed by atoms with Crippen molar-refractivity contribution in [2.75, 3.05) is 6.54 Å². The van der Waals surface area contributed by atoms with E-state index in [1.54, 1.807) is 0 Å². The van der Waals surface area contributed by atoms with Crippen LogP contribution >= 0.6 is 0 Å². The molecule has 0 bridgehead atoms. The minimum Gasteiger partial charge on any atom is -0.480 e. The number of carboxylic acid groups (broad SMARTS) is 1. The molecule has 1 atom stereocenters. The maximum atomic E-state index is 12.4.